The van der Waals surface area contributed by atoms with Gasteiger partial charge in [-0.25, -0.2) is 8.42 Å². The lowest BCUT2D eigenvalue weighted by atomic mass is 10.2. The summed E-state index contributed by atoms with van der Waals surface area (Å²) in [7, 11) is -3.87. The Kier molecular flexibility index (Phi) is 6.33. The summed E-state index contributed by atoms with van der Waals surface area (Å²) in [6.07, 6.45) is -0.137. The monoisotopic (exact) mass is 373 g/mol. The number of hydrazine groups is 1. The Bertz CT molecular complexity index is 901. The number of nitrogens with zero attached hydrogens (tertiary/aromatic N) is 1. The van der Waals surface area contributed by atoms with E-state index in [-0.39, 0.29) is 4.90 Å². The largest absolute Gasteiger partial charge is 0.481 e. The minimum atomic E-state index is -3.87. The first kappa shape index (κ1) is 19.4. The molecule has 1 amide bonds. The number of carbonyl (C=O) groups excluding carboxylic acids is 1. The van der Waals surface area contributed by atoms with Gasteiger partial charge in [0.1, 0.15) is 5.75 Å². The van der Waals surface area contributed by atoms with E-state index in [0.29, 0.717) is 11.3 Å². The standard InChI is InChI=1S/C18H19N3O4S/c1-3-14-6-10-17(11-7-14)26(23,24)21-20-18(22)13(2)25-16-8-4-15(12-19)5-9-16/h4-11,13,21H,3H2,1-2H3,(H,20,22)/t13-/m1/s1. The molecule has 2 rings (SSSR count). The first-order valence-corrected chi connectivity index (χ1v) is 9.41. The van der Waals surface area contributed by atoms with Crippen LogP contribution in [0.15, 0.2) is 53.4 Å². The minimum absolute atomic E-state index is 0.0515. The summed E-state index contributed by atoms with van der Waals surface area (Å²) in [5, 5.41) is 8.75. The van der Waals surface area contributed by atoms with Crippen molar-refractivity contribution in [1.29, 1.82) is 5.26 Å². The van der Waals surface area contributed by atoms with E-state index >= 15 is 0 Å². The van der Waals surface area contributed by atoms with Gasteiger partial charge in [0.2, 0.25) is 0 Å². The smallest absolute Gasteiger partial charge is 0.275 e. The van der Waals surface area contributed by atoms with Crippen LogP contribution in [-0.4, -0.2) is 20.4 Å². The number of nitrogens with one attached hydrogen (secondary N) is 2. The molecule has 136 valence electrons. The molecule has 0 aliphatic heterocycles. The van der Waals surface area contributed by atoms with Crippen molar-refractivity contribution >= 4 is 15.9 Å². The molecule has 1 atom stereocenters. The van der Waals surface area contributed by atoms with Crippen LogP contribution in [0.25, 0.3) is 0 Å². The molecule has 0 spiro atoms. The predicted octanol–water partition coefficient (Wildman–Crippen LogP) is 1.90. The van der Waals surface area contributed by atoms with E-state index in [4.69, 9.17) is 10.00 Å². The molecule has 2 N–H and O–H groups in total. The second-order valence-electron chi connectivity index (χ2n) is 5.49. The summed E-state index contributed by atoms with van der Waals surface area (Å²) < 4.78 is 29.8. The quantitative estimate of drug-likeness (QED) is 0.721. The van der Waals surface area contributed by atoms with Gasteiger partial charge in [-0.15, -0.1) is 4.83 Å². The van der Waals surface area contributed by atoms with Gasteiger partial charge in [0.25, 0.3) is 15.9 Å². The fraction of sp³-hybridized carbons (Fsp3) is 0.222. The highest BCUT2D eigenvalue weighted by atomic mass is 32.2. The molecule has 0 aliphatic carbocycles. The molecule has 0 saturated carbocycles. The van der Waals surface area contributed by atoms with Gasteiger partial charge in [-0.05, 0) is 55.3 Å². The number of sulfonamides is 1. The Morgan fingerprint density at radius 1 is 1.15 bits per heavy atom. The first-order chi connectivity index (χ1) is 12.4. The van der Waals surface area contributed by atoms with Gasteiger partial charge in [0, 0.05) is 0 Å². The van der Waals surface area contributed by atoms with Crippen LogP contribution in [0.2, 0.25) is 0 Å². The zero-order chi connectivity index (χ0) is 19.2. The van der Waals surface area contributed by atoms with E-state index in [1.165, 1.54) is 19.1 Å². The maximum Gasteiger partial charge on any atom is 0.275 e. The van der Waals surface area contributed by atoms with Crippen LogP contribution in [0.5, 0.6) is 5.75 Å². The highest BCUT2D eigenvalue weighted by Crippen LogP contribution is 2.14. The number of aryl methyl sites for hydroxylation is 1. The molecule has 0 heterocycles. The summed E-state index contributed by atoms with van der Waals surface area (Å²) in [6.45, 7) is 3.45. The fourth-order valence-electron chi connectivity index (χ4n) is 2.05. The molecule has 2 aromatic carbocycles. The molecule has 0 fully saturated rings. The first-order valence-electron chi connectivity index (χ1n) is 7.93. The van der Waals surface area contributed by atoms with E-state index in [0.717, 1.165) is 12.0 Å². The molecule has 0 unspecified atom stereocenters. The lowest BCUT2D eigenvalue weighted by Gasteiger charge is -2.15. The molecule has 0 radical (unpaired) electrons. The lowest BCUT2D eigenvalue weighted by Crippen LogP contribution is -2.47. The van der Waals surface area contributed by atoms with Gasteiger partial charge in [0.15, 0.2) is 6.10 Å². The summed E-state index contributed by atoms with van der Waals surface area (Å²) in [5.74, 6) is -0.257. The van der Waals surface area contributed by atoms with E-state index in [9.17, 15) is 13.2 Å². The molecule has 7 nitrogen and oxygen atoms in total. The Balaban J connectivity index is 1.94. The van der Waals surface area contributed by atoms with Crippen LogP contribution < -0.4 is 15.0 Å². The molecular weight excluding hydrogens is 354 g/mol. The molecule has 26 heavy (non-hydrogen) atoms. The third kappa shape index (κ3) is 5.05. The Hall–Kier alpha value is -2.89. The van der Waals surface area contributed by atoms with Crippen molar-refractivity contribution in [3.63, 3.8) is 0 Å². The number of amides is 1. The number of nitriles is 1. The van der Waals surface area contributed by atoms with Gasteiger partial charge in [-0.3, -0.25) is 10.2 Å². The van der Waals surface area contributed by atoms with Gasteiger partial charge in [-0.2, -0.15) is 5.26 Å². The van der Waals surface area contributed by atoms with Crippen LogP contribution in [0, 0.1) is 11.3 Å². The number of hydrogen-bond donors (Lipinski definition) is 2. The van der Waals surface area contributed by atoms with E-state index in [1.807, 2.05) is 17.8 Å². The second-order valence-corrected chi connectivity index (χ2v) is 7.17. The van der Waals surface area contributed by atoms with Crippen molar-refractivity contribution in [3.05, 3.63) is 59.7 Å². The van der Waals surface area contributed by atoms with Gasteiger partial charge >= 0.3 is 0 Å². The summed E-state index contributed by atoms with van der Waals surface area (Å²) in [6, 6.07) is 14.6. The number of carbonyl (C=O) groups is 1. The normalized spacial score (nSPS) is 12.0. The van der Waals surface area contributed by atoms with Gasteiger partial charge in [-0.1, -0.05) is 19.1 Å². The van der Waals surface area contributed by atoms with Crippen LogP contribution in [0.3, 0.4) is 0 Å². The van der Waals surface area contributed by atoms with Crippen LogP contribution in [0.4, 0.5) is 0 Å². The third-order valence-electron chi connectivity index (χ3n) is 3.62. The maximum atomic E-state index is 12.2. The number of hydrogen-bond acceptors (Lipinski definition) is 5. The minimum Gasteiger partial charge on any atom is -0.481 e. The highest BCUT2D eigenvalue weighted by Gasteiger charge is 2.19. The SMILES string of the molecule is CCc1ccc(S(=O)(=O)NNC(=O)[C@@H](C)Oc2ccc(C#N)cc2)cc1. The zero-order valence-electron chi connectivity index (χ0n) is 14.4. The molecule has 2 aromatic rings. The predicted molar refractivity (Wildman–Crippen MR) is 95.5 cm³/mol. The van der Waals surface area contributed by atoms with Crippen LogP contribution in [-0.2, 0) is 21.2 Å². The summed E-state index contributed by atoms with van der Waals surface area (Å²) >= 11 is 0. The van der Waals surface area contributed by atoms with E-state index in [1.54, 1.807) is 36.4 Å². The highest BCUT2D eigenvalue weighted by molar-refractivity contribution is 7.89. The van der Waals surface area contributed by atoms with Crippen molar-refractivity contribution in [1.82, 2.24) is 10.3 Å². The average molecular weight is 373 g/mol. The average Bonchev–Trinajstić information content (AvgIpc) is 2.66. The van der Waals surface area contributed by atoms with Gasteiger partial charge in [0.05, 0.1) is 16.5 Å². The Morgan fingerprint density at radius 3 is 2.31 bits per heavy atom. The van der Waals surface area contributed by atoms with Crippen molar-refractivity contribution in [2.24, 2.45) is 0 Å². The number of ether oxygens (including phenoxy) is 1. The molecule has 0 bridgehead atoms. The van der Waals surface area contributed by atoms with E-state index < -0.39 is 22.0 Å². The maximum absolute atomic E-state index is 12.2. The zero-order valence-corrected chi connectivity index (χ0v) is 15.2. The van der Waals surface area contributed by atoms with Gasteiger partial charge < -0.3 is 4.74 Å². The molecular formula is C18H19N3O4S. The molecule has 0 saturated heterocycles. The van der Waals surface area contributed by atoms with E-state index in [2.05, 4.69) is 5.43 Å². The summed E-state index contributed by atoms with van der Waals surface area (Å²) in [4.78, 5) is 14.1. The Morgan fingerprint density at radius 2 is 1.77 bits per heavy atom. The fourth-order valence-corrected chi connectivity index (χ4v) is 2.90. The van der Waals surface area contributed by atoms with Crippen molar-refractivity contribution < 1.29 is 17.9 Å². The lowest BCUT2D eigenvalue weighted by molar-refractivity contribution is -0.127. The second kappa shape index (κ2) is 8.47. The van der Waals surface area contributed by atoms with Crippen molar-refractivity contribution in [2.45, 2.75) is 31.3 Å². The number of benzene rings is 2. The molecule has 0 aromatic heterocycles. The van der Waals surface area contributed by atoms with Crippen LogP contribution in [0.1, 0.15) is 25.0 Å². The summed E-state index contributed by atoms with van der Waals surface area (Å²) in [5.41, 5.74) is 3.62. The Labute approximate surface area is 152 Å². The molecule has 8 heteroatoms. The van der Waals surface area contributed by atoms with Crippen molar-refractivity contribution in [3.8, 4) is 11.8 Å². The molecule has 0 aliphatic rings. The van der Waals surface area contributed by atoms with Crippen LogP contribution >= 0.6 is 0 Å². The van der Waals surface area contributed by atoms with Crippen molar-refractivity contribution in [2.75, 3.05) is 0 Å². The third-order valence-corrected chi connectivity index (χ3v) is 4.88. The number of rotatable bonds is 7. The topological polar surface area (TPSA) is 108 Å².